The van der Waals surface area contributed by atoms with Crippen LogP contribution in [0.5, 0.6) is 0 Å². The Labute approximate surface area is 92.0 Å². The Morgan fingerprint density at radius 3 is 2.19 bits per heavy atom. The first-order valence-electron chi connectivity index (χ1n) is 4.22. The van der Waals surface area contributed by atoms with Gasteiger partial charge in [0.15, 0.2) is 6.26 Å². The van der Waals surface area contributed by atoms with Gasteiger partial charge in [-0.1, -0.05) is 0 Å². The molecule has 0 spiro atoms. The van der Waals surface area contributed by atoms with Crippen molar-refractivity contribution in [2.75, 3.05) is 6.61 Å². The number of rotatable bonds is 7. The molecule has 5 atom stereocenters. The molecule has 0 radical (unpaired) electrons. The summed E-state index contributed by atoms with van der Waals surface area (Å²) < 4.78 is 14.1. The van der Waals surface area contributed by atoms with Crippen LogP contribution in [0, 0.1) is 0 Å². The third-order valence-corrected chi connectivity index (χ3v) is 2.01. The van der Waals surface area contributed by atoms with Crippen LogP contribution in [0.2, 0.25) is 0 Å². The van der Waals surface area contributed by atoms with E-state index in [0.717, 1.165) is 6.08 Å². The van der Waals surface area contributed by atoms with Gasteiger partial charge in [0.2, 0.25) is 0 Å². The quantitative estimate of drug-likeness (QED) is 0.218. The molecule has 0 aromatic rings. The number of hydrogen-bond acceptors (Lipinski definition) is 7. The summed E-state index contributed by atoms with van der Waals surface area (Å²) in [5.74, 6) is 0. The van der Waals surface area contributed by atoms with Crippen molar-refractivity contribution in [1.29, 1.82) is 0 Å². The molecule has 0 fully saturated rings. The van der Waals surface area contributed by atoms with Gasteiger partial charge in [-0.05, 0) is 6.08 Å². The van der Waals surface area contributed by atoms with Crippen molar-refractivity contribution in [3.8, 4) is 0 Å². The van der Waals surface area contributed by atoms with Gasteiger partial charge in [0.25, 0.3) is 0 Å². The molecular weight excluding hydrogens is 243 g/mol. The third kappa shape index (κ3) is 5.47. The molecule has 0 rings (SSSR count). The lowest BCUT2D eigenvalue weighted by atomic mass is 10.0. The Morgan fingerprint density at radius 1 is 1.19 bits per heavy atom. The lowest BCUT2D eigenvalue weighted by molar-refractivity contribution is -0.105. The van der Waals surface area contributed by atoms with Gasteiger partial charge < -0.3 is 25.5 Å². The Hall–Kier alpha value is -0.600. The molecule has 6 N–H and O–H groups in total. The second-order valence-electron chi connectivity index (χ2n) is 2.89. The van der Waals surface area contributed by atoms with Crippen LogP contribution < -0.4 is 0 Å². The predicted octanol–water partition coefficient (Wildman–Crippen LogP) is -2.40. The molecule has 0 aromatic carbocycles. The Morgan fingerprint density at radius 2 is 1.75 bits per heavy atom. The van der Waals surface area contributed by atoms with Crippen LogP contribution in [0.1, 0.15) is 0 Å². The van der Waals surface area contributed by atoms with Gasteiger partial charge in [-0.2, -0.15) is 0 Å². The van der Waals surface area contributed by atoms with Crippen molar-refractivity contribution >= 4 is 8.25 Å². The molecule has 1 unspecified atom stereocenters. The molecule has 0 aromatic heterocycles. The predicted molar refractivity (Wildman–Crippen MR) is 51.2 cm³/mol. The fraction of sp³-hybridized carbons (Fsp3) is 0.714. The summed E-state index contributed by atoms with van der Waals surface area (Å²) in [4.78, 5) is 8.21. The van der Waals surface area contributed by atoms with Crippen molar-refractivity contribution in [1.82, 2.24) is 0 Å². The van der Waals surface area contributed by atoms with Crippen molar-refractivity contribution in [2.45, 2.75) is 24.4 Å². The van der Waals surface area contributed by atoms with E-state index in [9.17, 15) is 14.8 Å². The van der Waals surface area contributed by atoms with Crippen LogP contribution in [-0.2, 0) is 9.09 Å². The molecule has 0 saturated heterocycles. The average Bonchev–Trinajstić information content (AvgIpc) is 2.25. The lowest BCUT2D eigenvalue weighted by Gasteiger charge is -2.23. The number of hydrogen-bond donors (Lipinski definition) is 6. The molecule has 0 aliphatic heterocycles. The molecule has 94 valence electrons. The SMILES string of the molecule is O=[P+](O)O/C=C\[C@@H](O)[C@@H](O)[C@H](O)[C@@H](O)CO. The molecule has 0 aliphatic rings. The van der Waals surface area contributed by atoms with E-state index < -0.39 is 39.3 Å². The van der Waals surface area contributed by atoms with Crippen LogP contribution in [0.15, 0.2) is 12.3 Å². The second-order valence-corrected chi connectivity index (χ2v) is 3.58. The normalized spacial score (nSPS) is 20.2. The van der Waals surface area contributed by atoms with Gasteiger partial charge in [-0.3, -0.25) is 0 Å². The summed E-state index contributed by atoms with van der Waals surface area (Å²) in [6.07, 6.45) is -5.27. The van der Waals surface area contributed by atoms with E-state index in [1.54, 1.807) is 0 Å². The van der Waals surface area contributed by atoms with Crippen LogP contribution in [-0.4, -0.2) is 61.4 Å². The second kappa shape index (κ2) is 7.64. The third-order valence-electron chi connectivity index (χ3n) is 1.71. The zero-order valence-corrected chi connectivity index (χ0v) is 9.01. The van der Waals surface area contributed by atoms with Gasteiger partial charge in [-0.15, -0.1) is 4.89 Å². The summed E-state index contributed by atoms with van der Waals surface area (Å²) in [6.45, 7) is -0.784. The van der Waals surface area contributed by atoms with Crippen LogP contribution in [0.3, 0.4) is 0 Å². The van der Waals surface area contributed by atoms with E-state index >= 15 is 0 Å². The topological polar surface area (TPSA) is 148 Å². The summed E-state index contributed by atoms with van der Waals surface area (Å²) in [5, 5.41) is 45.0. The molecule has 8 nitrogen and oxygen atoms in total. The highest BCUT2D eigenvalue weighted by atomic mass is 31.1. The van der Waals surface area contributed by atoms with Crippen LogP contribution in [0.4, 0.5) is 0 Å². The van der Waals surface area contributed by atoms with Crippen molar-refractivity contribution in [3.63, 3.8) is 0 Å². The smallest absolute Gasteiger partial charge is 0.394 e. The van der Waals surface area contributed by atoms with Crippen LogP contribution >= 0.6 is 8.25 Å². The highest BCUT2D eigenvalue weighted by Gasteiger charge is 2.28. The first kappa shape index (κ1) is 15.4. The zero-order valence-electron chi connectivity index (χ0n) is 8.12. The largest absolute Gasteiger partial charge is 0.746 e. The van der Waals surface area contributed by atoms with Crippen molar-refractivity contribution in [3.05, 3.63) is 12.3 Å². The Kier molecular flexibility index (Phi) is 7.35. The standard InChI is InChI=1S/C7H13O8P/c8-3-5(10)7(12)6(11)4(9)1-2-15-16(13)14/h1-2,4-12H,3H2/p+1/b2-1-/t4-,5+,6-,7-/m1/s1. The Balaban J connectivity index is 4.21. The van der Waals surface area contributed by atoms with E-state index in [4.69, 9.17) is 20.2 Å². The van der Waals surface area contributed by atoms with Crippen molar-refractivity contribution < 1.29 is 39.5 Å². The molecule has 9 heteroatoms. The fourth-order valence-corrected chi connectivity index (χ4v) is 0.994. The molecule has 0 heterocycles. The molecular formula is C7H14O8P+. The minimum absolute atomic E-state index is 0.671. The van der Waals surface area contributed by atoms with E-state index in [0.29, 0.717) is 6.26 Å². The van der Waals surface area contributed by atoms with Crippen molar-refractivity contribution in [2.24, 2.45) is 0 Å². The molecule has 0 amide bonds. The monoisotopic (exact) mass is 257 g/mol. The maximum atomic E-state index is 10.0. The highest BCUT2D eigenvalue weighted by Crippen LogP contribution is 2.15. The maximum Gasteiger partial charge on any atom is 0.746 e. The van der Waals surface area contributed by atoms with E-state index in [1.807, 2.05) is 0 Å². The van der Waals surface area contributed by atoms with Crippen LogP contribution in [0.25, 0.3) is 0 Å². The lowest BCUT2D eigenvalue weighted by Crippen LogP contribution is -2.45. The van der Waals surface area contributed by atoms with Gasteiger partial charge in [0.1, 0.15) is 24.4 Å². The average molecular weight is 257 g/mol. The molecule has 0 aliphatic carbocycles. The minimum atomic E-state index is -2.86. The van der Waals surface area contributed by atoms with Gasteiger partial charge in [-0.25, -0.2) is 4.52 Å². The van der Waals surface area contributed by atoms with Gasteiger partial charge in [0.05, 0.1) is 6.61 Å². The fourth-order valence-electron chi connectivity index (χ4n) is 0.819. The molecule has 0 bridgehead atoms. The number of aliphatic hydroxyl groups is 5. The summed E-state index contributed by atoms with van der Waals surface area (Å²) >= 11 is 0. The highest BCUT2D eigenvalue weighted by molar-refractivity contribution is 7.32. The van der Waals surface area contributed by atoms with Gasteiger partial charge in [0, 0.05) is 4.57 Å². The van der Waals surface area contributed by atoms with E-state index in [-0.39, 0.29) is 0 Å². The van der Waals surface area contributed by atoms with Gasteiger partial charge >= 0.3 is 8.25 Å². The van der Waals surface area contributed by atoms with E-state index in [1.165, 1.54) is 0 Å². The number of aliphatic hydroxyl groups excluding tert-OH is 5. The van der Waals surface area contributed by atoms with E-state index in [2.05, 4.69) is 4.52 Å². The Bertz CT molecular complexity index is 245. The first-order valence-corrected chi connectivity index (χ1v) is 5.36. The minimum Gasteiger partial charge on any atom is -0.394 e. The summed E-state index contributed by atoms with van der Waals surface area (Å²) in [7, 11) is -2.86. The first-order chi connectivity index (χ1) is 7.40. The maximum absolute atomic E-state index is 10.0. The summed E-state index contributed by atoms with van der Waals surface area (Å²) in [6, 6.07) is 0. The molecule has 16 heavy (non-hydrogen) atoms. The molecule has 0 saturated carbocycles. The summed E-state index contributed by atoms with van der Waals surface area (Å²) in [5.41, 5.74) is 0. The zero-order chi connectivity index (χ0) is 12.7.